The second-order valence-electron chi connectivity index (χ2n) is 4.76. The van der Waals surface area contributed by atoms with Crippen LogP contribution in [0.25, 0.3) is 0 Å². The maximum absolute atomic E-state index is 5.69. The monoisotopic (exact) mass is 252 g/mol. The van der Waals surface area contributed by atoms with Gasteiger partial charge in [-0.15, -0.1) is 0 Å². The van der Waals surface area contributed by atoms with Gasteiger partial charge in [0.2, 0.25) is 5.90 Å². The van der Waals surface area contributed by atoms with Crippen molar-refractivity contribution in [3.05, 3.63) is 65.5 Å². The molecule has 96 valence electrons. The third-order valence-corrected chi connectivity index (χ3v) is 3.24. The van der Waals surface area contributed by atoms with Gasteiger partial charge in [-0.25, -0.2) is 4.99 Å². The highest BCUT2D eigenvalue weighted by molar-refractivity contribution is 5.94. The Balaban J connectivity index is 1.77. The number of hydrogen-bond acceptors (Lipinski definition) is 3. The number of pyridine rings is 1. The van der Waals surface area contributed by atoms with Crippen molar-refractivity contribution in [3.8, 4) is 0 Å². The van der Waals surface area contributed by atoms with Crippen LogP contribution in [0, 0.1) is 6.92 Å². The number of hydrogen-bond donors (Lipinski definition) is 0. The first-order valence-electron chi connectivity index (χ1n) is 6.49. The molecule has 0 amide bonds. The summed E-state index contributed by atoms with van der Waals surface area (Å²) in [6.45, 7) is 2.67. The number of rotatable bonds is 3. The number of nitrogens with zero attached hydrogens (tertiary/aromatic N) is 2. The molecule has 0 bridgehead atoms. The lowest BCUT2D eigenvalue weighted by Crippen LogP contribution is -2.09. The van der Waals surface area contributed by atoms with Crippen molar-refractivity contribution >= 4 is 5.90 Å². The Morgan fingerprint density at radius 1 is 1.16 bits per heavy atom. The van der Waals surface area contributed by atoms with Crippen LogP contribution in [0.4, 0.5) is 0 Å². The summed E-state index contributed by atoms with van der Waals surface area (Å²) in [6.07, 6.45) is 2.69. The molecule has 0 saturated heterocycles. The second-order valence-corrected chi connectivity index (χ2v) is 4.76. The molecule has 0 radical (unpaired) electrons. The first-order chi connectivity index (χ1) is 9.33. The van der Waals surface area contributed by atoms with E-state index in [1.54, 1.807) is 6.20 Å². The lowest BCUT2D eigenvalue weighted by Gasteiger charge is -2.04. The summed E-state index contributed by atoms with van der Waals surface area (Å²) in [5.74, 6) is 0.680. The maximum atomic E-state index is 5.69. The van der Waals surface area contributed by atoms with Crippen molar-refractivity contribution in [3.63, 3.8) is 0 Å². The normalized spacial score (nSPS) is 17.9. The number of aliphatic imine (C=N–C) groups is 1. The van der Waals surface area contributed by atoms with E-state index < -0.39 is 0 Å². The van der Waals surface area contributed by atoms with E-state index in [1.165, 1.54) is 5.56 Å². The lowest BCUT2D eigenvalue weighted by atomic mass is 10.1. The molecule has 0 saturated carbocycles. The third kappa shape index (κ3) is 2.65. The van der Waals surface area contributed by atoms with Crippen molar-refractivity contribution < 1.29 is 4.74 Å². The first-order valence-corrected chi connectivity index (χ1v) is 6.49. The van der Waals surface area contributed by atoms with Gasteiger partial charge < -0.3 is 4.74 Å². The summed E-state index contributed by atoms with van der Waals surface area (Å²) in [4.78, 5) is 8.99. The number of benzene rings is 1. The molecule has 0 aliphatic carbocycles. The number of ether oxygens (including phenoxy) is 1. The van der Waals surface area contributed by atoms with Crippen molar-refractivity contribution in [1.82, 2.24) is 4.98 Å². The molecular formula is C16H16N2O. The van der Waals surface area contributed by atoms with Crippen LogP contribution in [-0.2, 0) is 11.2 Å². The van der Waals surface area contributed by atoms with Crippen molar-refractivity contribution in [2.24, 2.45) is 4.99 Å². The smallest absolute Gasteiger partial charge is 0.236 e. The Kier molecular flexibility index (Phi) is 3.27. The second kappa shape index (κ2) is 5.22. The van der Waals surface area contributed by atoms with Crippen LogP contribution in [0.3, 0.4) is 0 Å². The first kappa shape index (κ1) is 11.9. The zero-order valence-electron chi connectivity index (χ0n) is 10.9. The Labute approximate surface area is 113 Å². The number of aromatic nitrogens is 1. The molecule has 3 heteroatoms. The minimum atomic E-state index is 0.193. The van der Waals surface area contributed by atoms with Gasteiger partial charge in [-0.05, 0) is 30.5 Å². The lowest BCUT2D eigenvalue weighted by molar-refractivity contribution is 0.316. The molecule has 0 spiro atoms. The summed E-state index contributed by atoms with van der Waals surface area (Å²) in [6, 6.07) is 14.5. The molecule has 1 unspecified atom stereocenters. The summed E-state index contributed by atoms with van der Waals surface area (Å²) >= 11 is 0. The molecule has 2 aromatic rings. The van der Waals surface area contributed by atoms with E-state index in [9.17, 15) is 0 Å². The quantitative estimate of drug-likeness (QED) is 0.841. The van der Waals surface area contributed by atoms with Gasteiger partial charge in [-0.1, -0.05) is 36.4 Å². The van der Waals surface area contributed by atoms with Crippen molar-refractivity contribution in [2.45, 2.75) is 19.4 Å². The van der Waals surface area contributed by atoms with E-state index in [0.717, 1.165) is 17.7 Å². The Hall–Kier alpha value is -2.16. The molecule has 0 fully saturated rings. The molecule has 1 aromatic heterocycles. The summed E-state index contributed by atoms with van der Waals surface area (Å²) in [5, 5.41) is 0. The average Bonchev–Trinajstić information content (AvgIpc) is 2.89. The van der Waals surface area contributed by atoms with Crippen LogP contribution in [-0.4, -0.2) is 23.5 Å². The SMILES string of the molecule is Cc1cccnc1C1=NC(Cc2ccccc2)CO1. The highest BCUT2D eigenvalue weighted by Crippen LogP contribution is 2.16. The molecule has 0 N–H and O–H groups in total. The van der Waals surface area contributed by atoms with Gasteiger partial charge in [-0.2, -0.15) is 0 Å². The molecule has 1 aromatic carbocycles. The average molecular weight is 252 g/mol. The van der Waals surface area contributed by atoms with E-state index in [2.05, 4.69) is 34.2 Å². The fourth-order valence-electron chi connectivity index (χ4n) is 2.25. The predicted molar refractivity (Wildman–Crippen MR) is 75.4 cm³/mol. The van der Waals surface area contributed by atoms with E-state index in [-0.39, 0.29) is 6.04 Å². The Morgan fingerprint density at radius 2 is 2.00 bits per heavy atom. The van der Waals surface area contributed by atoms with Gasteiger partial charge in [0.25, 0.3) is 0 Å². The van der Waals surface area contributed by atoms with Crippen LogP contribution in [0.5, 0.6) is 0 Å². The maximum Gasteiger partial charge on any atom is 0.236 e. The molecular weight excluding hydrogens is 236 g/mol. The zero-order chi connectivity index (χ0) is 13.1. The van der Waals surface area contributed by atoms with Gasteiger partial charge >= 0.3 is 0 Å². The zero-order valence-corrected chi connectivity index (χ0v) is 10.9. The van der Waals surface area contributed by atoms with Gasteiger partial charge in [-0.3, -0.25) is 4.98 Å². The molecule has 1 aliphatic heterocycles. The van der Waals surface area contributed by atoms with Crippen LogP contribution >= 0.6 is 0 Å². The van der Waals surface area contributed by atoms with E-state index >= 15 is 0 Å². The molecule has 1 aliphatic rings. The fraction of sp³-hybridized carbons (Fsp3) is 0.250. The van der Waals surface area contributed by atoms with Crippen LogP contribution < -0.4 is 0 Å². The molecule has 3 nitrogen and oxygen atoms in total. The largest absolute Gasteiger partial charge is 0.474 e. The molecule has 1 atom stereocenters. The van der Waals surface area contributed by atoms with E-state index in [4.69, 9.17) is 4.74 Å². The van der Waals surface area contributed by atoms with Crippen LogP contribution in [0.2, 0.25) is 0 Å². The summed E-state index contributed by atoms with van der Waals surface area (Å²) < 4.78 is 5.69. The highest BCUT2D eigenvalue weighted by Gasteiger charge is 2.22. The Morgan fingerprint density at radius 3 is 2.79 bits per heavy atom. The van der Waals surface area contributed by atoms with Crippen molar-refractivity contribution in [1.29, 1.82) is 0 Å². The summed E-state index contributed by atoms with van der Waals surface area (Å²) in [7, 11) is 0. The van der Waals surface area contributed by atoms with Gasteiger partial charge in [0, 0.05) is 6.20 Å². The third-order valence-electron chi connectivity index (χ3n) is 3.24. The minimum Gasteiger partial charge on any atom is -0.474 e. The number of aryl methyl sites for hydroxylation is 1. The van der Waals surface area contributed by atoms with E-state index in [0.29, 0.717) is 12.5 Å². The van der Waals surface area contributed by atoms with Crippen molar-refractivity contribution in [2.75, 3.05) is 6.61 Å². The van der Waals surface area contributed by atoms with Gasteiger partial charge in [0.1, 0.15) is 12.3 Å². The summed E-state index contributed by atoms with van der Waals surface area (Å²) in [5.41, 5.74) is 3.25. The standard InChI is InChI=1S/C16H16N2O/c1-12-6-5-9-17-15(12)16-18-14(11-19-16)10-13-7-3-2-4-8-13/h2-9,14H,10-11H2,1H3. The predicted octanol–water partition coefficient (Wildman–Crippen LogP) is 2.78. The van der Waals surface area contributed by atoms with Gasteiger partial charge in [0.05, 0.1) is 6.04 Å². The molecule has 19 heavy (non-hydrogen) atoms. The highest BCUT2D eigenvalue weighted by atomic mass is 16.5. The van der Waals surface area contributed by atoms with E-state index in [1.807, 2.05) is 25.1 Å². The minimum absolute atomic E-state index is 0.193. The topological polar surface area (TPSA) is 34.5 Å². The van der Waals surface area contributed by atoms with Crippen LogP contribution in [0.15, 0.2) is 53.7 Å². The molecule has 2 heterocycles. The fourth-order valence-corrected chi connectivity index (χ4v) is 2.25. The molecule has 3 rings (SSSR count). The van der Waals surface area contributed by atoms with Gasteiger partial charge in [0.15, 0.2) is 0 Å². The van der Waals surface area contributed by atoms with Crippen LogP contribution in [0.1, 0.15) is 16.8 Å². The Bertz CT molecular complexity index is 593.